The van der Waals surface area contributed by atoms with Crippen molar-refractivity contribution in [3.05, 3.63) is 58.0 Å². The molecule has 1 atom stereocenters. The van der Waals surface area contributed by atoms with Crippen LogP contribution in [0.15, 0.2) is 46.1 Å². The lowest BCUT2D eigenvalue weighted by molar-refractivity contribution is -0.121. The zero-order valence-electron chi connectivity index (χ0n) is 18.3. The summed E-state index contributed by atoms with van der Waals surface area (Å²) < 4.78 is 27.7. The number of aromatic amines is 2. The quantitative estimate of drug-likeness (QED) is 0.540. The van der Waals surface area contributed by atoms with Crippen LogP contribution in [0.25, 0.3) is 11.0 Å². The fraction of sp³-hybridized carbons (Fsp3) is 0.364. The maximum absolute atomic E-state index is 13.1. The molecule has 10 heteroatoms. The minimum absolute atomic E-state index is 0.187. The molecule has 0 saturated carbocycles. The number of aromatic nitrogens is 2. The highest BCUT2D eigenvalue weighted by molar-refractivity contribution is 7.89. The van der Waals surface area contributed by atoms with Gasteiger partial charge in [0.25, 0.3) is 0 Å². The largest absolute Gasteiger partial charge is 0.325 e. The summed E-state index contributed by atoms with van der Waals surface area (Å²) in [5.41, 5.74) is 3.20. The molecule has 0 bridgehead atoms. The SMILES string of the molecule is Cc1ccc(C)c(S(=O)(=O)N2CCN(C(C)C(=O)Nc3ccc4[nH]c(=O)[nH]c4c3)CC2)c1. The summed E-state index contributed by atoms with van der Waals surface area (Å²) >= 11 is 0. The van der Waals surface area contributed by atoms with E-state index in [1.807, 2.05) is 24.0 Å². The number of hydrogen-bond donors (Lipinski definition) is 3. The van der Waals surface area contributed by atoms with Gasteiger partial charge in [-0.3, -0.25) is 9.69 Å². The van der Waals surface area contributed by atoms with Gasteiger partial charge >= 0.3 is 5.69 Å². The predicted molar refractivity (Wildman–Crippen MR) is 123 cm³/mol. The molecule has 170 valence electrons. The van der Waals surface area contributed by atoms with Crippen molar-refractivity contribution in [1.82, 2.24) is 19.2 Å². The lowest BCUT2D eigenvalue weighted by Crippen LogP contribution is -2.54. The smallest absolute Gasteiger partial charge is 0.323 e. The molecular weight excluding hydrogens is 430 g/mol. The van der Waals surface area contributed by atoms with Gasteiger partial charge in [-0.2, -0.15) is 4.31 Å². The Balaban J connectivity index is 1.40. The number of amides is 1. The molecule has 0 aliphatic carbocycles. The van der Waals surface area contributed by atoms with E-state index in [-0.39, 0.29) is 11.6 Å². The molecule has 9 nitrogen and oxygen atoms in total. The van der Waals surface area contributed by atoms with E-state index in [2.05, 4.69) is 15.3 Å². The van der Waals surface area contributed by atoms with Crippen LogP contribution in [0.2, 0.25) is 0 Å². The van der Waals surface area contributed by atoms with E-state index in [0.29, 0.717) is 47.8 Å². The summed E-state index contributed by atoms with van der Waals surface area (Å²) in [6.45, 7) is 7.05. The Labute approximate surface area is 186 Å². The number of rotatable bonds is 5. The van der Waals surface area contributed by atoms with Crippen molar-refractivity contribution < 1.29 is 13.2 Å². The molecule has 0 radical (unpaired) electrons. The third-order valence-electron chi connectivity index (χ3n) is 5.95. The van der Waals surface area contributed by atoms with Crippen LogP contribution >= 0.6 is 0 Å². The number of H-pyrrole nitrogens is 2. The normalized spacial score (nSPS) is 16.8. The lowest BCUT2D eigenvalue weighted by atomic mass is 10.2. The van der Waals surface area contributed by atoms with Crippen molar-refractivity contribution in [1.29, 1.82) is 0 Å². The summed E-state index contributed by atoms with van der Waals surface area (Å²) in [4.78, 5) is 31.8. The summed E-state index contributed by atoms with van der Waals surface area (Å²) in [6, 6.07) is 10.2. The van der Waals surface area contributed by atoms with E-state index in [4.69, 9.17) is 0 Å². The van der Waals surface area contributed by atoms with Gasteiger partial charge in [0, 0.05) is 31.9 Å². The first kappa shape index (κ1) is 22.3. The van der Waals surface area contributed by atoms with Crippen molar-refractivity contribution in [2.75, 3.05) is 31.5 Å². The van der Waals surface area contributed by atoms with E-state index >= 15 is 0 Å². The summed E-state index contributed by atoms with van der Waals surface area (Å²) in [5.74, 6) is -0.187. The third kappa shape index (κ3) is 4.34. The van der Waals surface area contributed by atoms with Crippen molar-refractivity contribution in [3.63, 3.8) is 0 Å². The van der Waals surface area contributed by atoms with Crippen molar-refractivity contribution in [2.24, 2.45) is 0 Å². The number of benzene rings is 2. The number of hydrogen-bond acceptors (Lipinski definition) is 5. The molecule has 0 spiro atoms. The Hall–Kier alpha value is -2.95. The Kier molecular flexibility index (Phi) is 5.93. The minimum atomic E-state index is -3.58. The average molecular weight is 458 g/mol. The van der Waals surface area contributed by atoms with Crippen molar-refractivity contribution in [2.45, 2.75) is 31.7 Å². The van der Waals surface area contributed by atoms with Gasteiger partial charge in [-0.25, -0.2) is 13.2 Å². The van der Waals surface area contributed by atoms with Gasteiger partial charge in [0.2, 0.25) is 15.9 Å². The molecule has 1 aromatic heterocycles. The van der Waals surface area contributed by atoms with Gasteiger partial charge in [0.15, 0.2) is 0 Å². The van der Waals surface area contributed by atoms with E-state index in [9.17, 15) is 18.0 Å². The van der Waals surface area contributed by atoms with Gasteiger partial charge in [0.1, 0.15) is 0 Å². The predicted octanol–water partition coefficient (Wildman–Crippen LogP) is 1.81. The maximum Gasteiger partial charge on any atom is 0.323 e. The van der Waals surface area contributed by atoms with Gasteiger partial charge in [0.05, 0.1) is 22.0 Å². The lowest BCUT2D eigenvalue weighted by Gasteiger charge is -2.37. The molecule has 32 heavy (non-hydrogen) atoms. The van der Waals surface area contributed by atoms with Crippen LogP contribution in [-0.2, 0) is 14.8 Å². The van der Waals surface area contributed by atoms with Gasteiger partial charge in [-0.15, -0.1) is 0 Å². The first-order valence-electron chi connectivity index (χ1n) is 10.5. The van der Waals surface area contributed by atoms with E-state index in [1.165, 1.54) is 4.31 Å². The number of nitrogens with one attached hydrogen (secondary N) is 3. The van der Waals surface area contributed by atoms with Crippen molar-refractivity contribution >= 4 is 32.7 Å². The molecule has 1 amide bonds. The highest BCUT2D eigenvalue weighted by Gasteiger charge is 2.32. The van der Waals surface area contributed by atoms with Crippen LogP contribution in [-0.4, -0.2) is 65.7 Å². The monoisotopic (exact) mass is 457 g/mol. The molecule has 3 N–H and O–H groups in total. The number of aryl methyl sites for hydroxylation is 2. The molecule has 3 aromatic rings. The van der Waals surface area contributed by atoms with Gasteiger partial charge in [-0.1, -0.05) is 12.1 Å². The highest BCUT2D eigenvalue weighted by atomic mass is 32.2. The van der Waals surface area contributed by atoms with E-state index in [1.54, 1.807) is 38.1 Å². The number of carbonyl (C=O) groups excluding carboxylic acids is 1. The number of anilines is 1. The number of piperazine rings is 1. The van der Waals surface area contributed by atoms with Crippen molar-refractivity contribution in [3.8, 4) is 0 Å². The summed E-state index contributed by atoms with van der Waals surface area (Å²) in [7, 11) is -3.58. The standard InChI is InChI=1S/C22H27N5O4S/c1-14-4-5-15(2)20(12-14)32(30,31)27-10-8-26(9-11-27)16(3)21(28)23-17-6-7-18-19(13-17)25-22(29)24-18/h4-7,12-13,16H,8-11H2,1-3H3,(H,23,28)(H2,24,25,29). The Morgan fingerprint density at radius 2 is 1.69 bits per heavy atom. The van der Waals surface area contributed by atoms with Crippen LogP contribution < -0.4 is 11.0 Å². The second-order valence-corrected chi connectivity index (χ2v) is 10.1. The summed E-state index contributed by atoms with van der Waals surface area (Å²) in [6.07, 6.45) is 0. The maximum atomic E-state index is 13.1. The van der Waals surface area contributed by atoms with E-state index < -0.39 is 16.1 Å². The number of fused-ring (bicyclic) bond motifs is 1. The Morgan fingerprint density at radius 1 is 1.00 bits per heavy atom. The molecule has 1 saturated heterocycles. The number of sulfonamides is 1. The number of imidazole rings is 1. The summed E-state index contributed by atoms with van der Waals surface area (Å²) in [5, 5.41) is 2.87. The molecule has 1 aliphatic heterocycles. The number of carbonyl (C=O) groups is 1. The van der Waals surface area contributed by atoms with Crippen LogP contribution in [0.3, 0.4) is 0 Å². The molecule has 1 unspecified atom stereocenters. The highest BCUT2D eigenvalue weighted by Crippen LogP contribution is 2.23. The Morgan fingerprint density at radius 3 is 2.41 bits per heavy atom. The molecule has 2 heterocycles. The van der Waals surface area contributed by atoms with Gasteiger partial charge in [-0.05, 0) is 56.2 Å². The molecule has 4 rings (SSSR count). The van der Waals surface area contributed by atoms with Gasteiger partial charge < -0.3 is 15.3 Å². The van der Waals surface area contributed by atoms with E-state index in [0.717, 1.165) is 11.1 Å². The molecule has 1 aliphatic rings. The minimum Gasteiger partial charge on any atom is -0.325 e. The number of nitrogens with zero attached hydrogens (tertiary/aromatic N) is 2. The third-order valence-corrected chi connectivity index (χ3v) is 7.99. The molecule has 1 fully saturated rings. The first-order chi connectivity index (χ1) is 15.1. The topological polar surface area (TPSA) is 118 Å². The molecular formula is C22H27N5O4S. The second kappa shape index (κ2) is 8.53. The fourth-order valence-electron chi connectivity index (χ4n) is 3.98. The zero-order chi connectivity index (χ0) is 23.0. The fourth-order valence-corrected chi connectivity index (χ4v) is 5.71. The zero-order valence-corrected chi connectivity index (χ0v) is 19.1. The van der Waals surface area contributed by atoms with Crippen LogP contribution in [0, 0.1) is 13.8 Å². The Bertz CT molecular complexity index is 1320. The molecule has 2 aromatic carbocycles. The average Bonchev–Trinajstić information content (AvgIpc) is 3.14. The van der Waals surface area contributed by atoms with Crippen LogP contribution in [0.1, 0.15) is 18.1 Å². The van der Waals surface area contributed by atoms with Crippen LogP contribution in [0.4, 0.5) is 5.69 Å². The first-order valence-corrected chi connectivity index (χ1v) is 11.9. The van der Waals surface area contributed by atoms with Crippen LogP contribution in [0.5, 0.6) is 0 Å². The second-order valence-electron chi connectivity index (χ2n) is 8.21.